The van der Waals surface area contributed by atoms with E-state index < -0.39 is 12.3 Å². The van der Waals surface area contributed by atoms with Gasteiger partial charge < -0.3 is 19.4 Å². The van der Waals surface area contributed by atoms with E-state index in [1.807, 2.05) is 0 Å². The summed E-state index contributed by atoms with van der Waals surface area (Å²) in [5, 5.41) is 10.1. The van der Waals surface area contributed by atoms with Crippen molar-refractivity contribution < 1.29 is 48.9 Å². The summed E-state index contributed by atoms with van der Waals surface area (Å²) in [5.74, 6) is -1.33. The molecule has 0 aromatic rings. The summed E-state index contributed by atoms with van der Waals surface area (Å²) in [6.45, 7) is 3.99. The number of hydrogen-bond donors (Lipinski definition) is 0. The van der Waals surface area contributed by atoms with Crippen LogP contribution in [0.3, 0.4) is 0 Å². The maximum atomic E-state index is 10.1. The van der Waals surface area contributed by atoms with Crippen LogP contribution in [0.2, 0.25) is 0 Å². The monoisotopic (exact) mass is 170 g/mol. The summed E-state index contributed by atoms with van der Waals surface area (Å²) in [6, 6.07) is 0. The molecular formula is C6H11NaO4. The van der Waals surface area contributed by atoms with Crippen molar-refractivity contribution in [2.45, 2.75) is 20.1 Å². The fourth-order valence-corrected chi connectivity index (χ4v) is 0.487. The van der Waals surface area contributed by atoms with Gasteiger partial charge in [0.05, 0.1) is 5.97 Å². The Labute approximate surface area is 88.2 Å². The summed E-state index contributed by atoms with van der Waals surface area (Å²) in [5.41, 5.74) is 0. The summed E-state index contributed by atoms with van der Waals surface area (Å²) >= 11 is 0. The number of ether oxygens (including phenoxy) is 2. The van der Waals surface area contributed by atoms with Gasteiger partial charge in [0.2, 0.25) is 0 Å². The molecule has 0 saturated heterocycles. The first-order valence-electron chi connectivity index (χ1n) is 3.16. The molecule has 0 saturated carbocycles. The van der Waals surface area contributed by atoms with E-state index in [4.69, 9.17) is 0 Å². The zero-order valence-electron chi connectivity index (χ0n) is 7.12. The van der Waals surface area contributed by atoms with Crippen LogP contribution < -0.4 is 34.7 Å². The number of carboxylic acids is 1. The van der Waals surface area contributed by atoms with Gasteiger partial charge in [0.25, 0.3) is 0 Å². The van der Waals surface area contributed by atoms with E-state index in [1.54, 1.807) is 13.8 Å². The van der Waals surface area contributed by atoms with E-state index in [-0.39, 0.29) is 29.6 Å². The van der Waals surface area contributed by atoms with Crippen molar-refractivity contribution >= 4 is 5.97 Å². The molecule has 0 heterocycles. The number of carbonyl (C=O) groups excluding carboxylic acids is 1. The minimum atomic E-state index is -1.33. The predicted octanol–water partition coefficient (Wildman–Crippen LogP) is -3.86. The van der Waals surface area contributed by atoms with E-state index in [9.17, 15) is 9.90 Å². The van der Waals surface area contributed by atoms with Gasteiger partial charge in [0.1, 0.15) is 0 Å². The van der Waals surface area contributed by atoms with Crippen LogP contribution in [0, 0.1) is 0 Å². The molecule has 0 radical (unpaired) electrons. The van der Waals surface area contributed by atoms with Crippen molar-refractivity contribution in [2.75, 3.05) is 13.2 Å². The largest absolute Gasteiger partial charge is 1.00 e. The van der Waals surface area contributed by atoms with Crippen LogP contribution in [0.4, 0.5) is 0 Å². The number of aliphatic carboxylic acids is 1. The van der Waals surface area contributed by atoms with Crippen molar-refractivity contribution in [3.8, 4) is 0 Å². The molecule has 4 nitrogen and oxygen atoms in total. The van der Waals surface area contributed by atoms with Crippen LogP contribution in [-0.2, 0) is 14.3 Å². The molecule has 0 unspecified atom stereocenters. The smallest absolute Gasteiger partial charge is 0.545 e. The zero-order chi connectivity index (χ0) is 7.98. The molecule has 0 rings (SSSR count). The minimum absolute atomic E-state index is 0. The van der Waals surface area contributed by atoms with E-state index in [2.05, 4.69) is 9.47 Å². The molecule has 11 heavy (non-hydrogen) atoms. The molecule has 60 valence electrons. The first-order valence-corrected chi connectivity index (χ1v) is 3.16. The normalized spacial score (nSPS) is 9.36. The second-order valence-electron chi connectivity index (χ2n) is 1.56. The zero-order valence-corrected chi connectivity index (χ0v) is 9.12. The average Bonchev–Trinajstić information content (AvgIpc) is 1.87. The second kappa shape index (κ2) is 8.49. The number of rotatable bonds is 5. The Balaban J connectivity index is 0. The standard InChI is InChI=1S/C6H12O4.Na/c1-3-9-6(5(7)8)10-4-2;/h6H,3-4H2,1-2H3,(H,7,8);/q;+1/p-1. The Bertz CT molecular complexity index is 101. The summed E-state index contributed by atoms with van der Waals surface area (Å²) in [4.78, 5) is 10.1. The van der Waals surface area contributed by atoms with Crippen molar-refractivity contribution in [1.82, 2.24) is 0 Å². The summed E-state index contributed by atoms with van der Waals surface area (Å²) in [7, 11) is 0. The van der Waals surface area contributed by atoms with E-state index in [0.29, 0.717) is 13.2 Å². The first kappa shape index (κ1) is 13.9. The van der Waals surface area contributed by atoms with Crippen LogP contribution in [0.15, 0.2) is 0 Å². The first-order chi connectivity index (χ1) is 4.72. The topological polar surface area (TPSA) is 58.6 Å². The fourth-order valence-electron chi connectivity index (χ4n) is 0.487. The van der Waals surface area contributed by atoms with Crippen molar-refractivity contribution in [3.05, 3.63) is 0 Å². The van der Waals surface area contributed by atoms with Crippen LogP contribution in [0.5, 0.6) is 0 Å². The van der Waals surface area contributed by atoms with Gasteiger partial charge in [0, 0.05) is 13.2 Å². The molecule has 5 heteroatoms. The van der Waals surface area contributed by atoms with Crippen LogP contribution in [0.1, 0.15) is 13.8 Å². The maximum Gasteiger partial charge on any atom is 1.00 e. The van der Waals surface area contributed by atoms with Crippen LogP contribution >= 0.6 is 0 Å². The Morgan fingerprint density at radius 1 is 1.36 bits per heavy atom. The third-order valence-electron chi connectivity index (χ3n) is 0.829. The maximum absolute atomic E-state index is 10.1. The van der Waals surface area contributed by atoms with E-state index in [0.717, 1.165) is 0 Å². The molecule has 0 aliphatic carbocycles. The Kier molecular flexibility index (Phi) is 10.8. The molecule has 0 N–H and O–H groups in total. The Morgan fingerprint density at radius 2 is 1.73 bits per heavy atom. The molecule has 0 amide bonds. The molecular weight excluding hydrogens is 159 g/mol. The number of carbonyl (C=O) groups is 1. The average molecular weight is 170 g/mol. The van der Waals surface area contributed by atoms with Gasteiger partial charge in [-0.25, -0.2) is 0 Å². The minimum Gasteiger partial charge on any atom is -0.545 e. The van der Waals surface area contributed by atoms with Crippen LogP contribution in [0.25, 0.3) is 0 Å². The summed E-state index contributed by atoms with van der Waals surface area (Å²) in [6.07, 6.45) is -1.21. The SMILES string of the molecule is CCOC(OCC)C(=O)[O-].[Na+]. The van der Waals surface area contributed by atoms with Gasteiger partial charge in [0.15, 0.2) is 6.29 Å². The van der Waals surface area contributed by atoms with Crippen LogP contribution in [-0.4, -0.2) is 25.5 Å². The molecule has 0 aromatic heterocycles. The summed E-state index contributed by atoms with van der Waals surface area (Å²) < 4.78 is 9.32. The van der Waals surface area contributed by atoms with Gasteiger partial charge in [-0.3, -0.25) is 0 Å². The van der Waals surface area contributed by atoms with Gasteiger partial charge >= 0.3 is 29.6 Å². The van der Waals surface area contributed by atoms with Gasteiger partial charge in [-0.05, 0) is 13.8 Å². The van der Waals surface area contributed by atoms with Gasteiger partial charge in [-0.15, -0.1) is 0 Å². The molecule has 0 fully saturated rings. The molecule has 0 bridgehead atoms. The molecule has 0 aromatic carbocycles. The predicted molar refractivity (Wildman–Crippen MR) is 32.0 cm³/mol. The number of carboxylic acid groups (broad SMARTS) is 1. The van der Waals surface area contributed by atoms with Crippen molar-refractivity contribution in [2.24, 2.45) is 0 Å². The van der Waals surface area contributed by atoms with Crippen molar-refractivity contribution in [1.29, 1.82) is 0 Å². The number of hydrogen-bond acceptors (Lipinski definition) is 4. The molecule has 0 atom stereocenters. The second-order valence-corrected chi connectivity index (χ2v) is 1.56. The molecule has 0 spiro atoms. The van der Waals surface area contributed by atoms with Gasteiger partial charge in [-0.2, -0.15) is 0 Å². The Morgan fingerprint density at radius 3 is 1.91 bits per heavy atom. The fraction of sp³-hybridized carbons (Fsp3) is 0.833. The third-order valence-corrected chi connectivity index (χ3v) is 0.829. The van der Waals surface area contributed by atoms with E-state index in [1.165, 1.54) is 0 Å². The quantitative estimate of drug-likeness (QED) is 0.313. The molecule has 0 aliphatic heterocycles. The van der Waals surface area contributed by atoms with Crippen molar-refractivity contribution in [3.63, 3.8) is 0 Å². The van der Waals surface area contributed by atoms with Gasteiger partial charge in [-0.1, -0.05) is 0 Å². The third kappa shape index (κ3) is 6.77. The Hall–Kier alpha value is 0.390. The van der Waals surface area contributed by atoms with E-state index >= 15 is 0 Å². The molecule has 0 aliphatic rings.